The Morgan fingerprint density at radius 3 is 2.42 bits per heavy atom. The maximum atomic E-state index is 11.0. The van der Waals surface area contributed by atoms with Crippen LogP contribution in [0, 0.1) is 10.8 Å². The highest BCUT2D eigenvalue weighted by molar-refractivity contribution is 7.97. The summed E-state index contributed by atoms with van der Waals surface area (Å²) in [5, 5.41) is 18.6. The van der Waals surface area contributed by atoms with Gasteiger partial charge in [0.25, 0.3) is 0 Å². The van der Waals surface area contributed by atoms with Gasteiger partial charge in [-0.25, -0.2) is 0 Å². The van der Waals surface area contributed by atoms with E-state index >= 15 is 0 Å². The summed E-state index contributed by atoms with van der Waals surface area (Å²) < 4.78 is 4.55. The molecule has 0 spiro atoms. The minimum Gasteiger partial charge on any atom is -0.370 e. The molecule has 2 rings (SSSR count). The maximum Gasteiger partial charge on any atom is 0.217 e. The van der Waals surface area contributed by atoms with E-state index < -0.39 is 0 Å². The van der Waals surface area contributed by atoms with Crippen LogP contribution in [0.4, 0.5) is 0 Å². The van der Waals surface area contributed by atoms with Gasteiger partial charge in [0.15, 0.2) is 11.9 Å². The average molecular weight is 297 g/mol. The first-order valence-electron chi connectivity index (χ1n) is 4.81. The summed E-state index contributed by atoms with van der Waals surface area (Å²) in [6.07, 6.45) is 0. The van der Waals surface area contributed by atoms with Crippen LogP contribution in [0.25, 0.3) is 10.2 Å². The fraction of sp³-hybridized carbons (Fsp3) is 0. The summed E-state index contributed by atoms with van der Waals surface area (Å²) in [6, 6.07) is 5.31. The van der Waals surface area contributed by atoms with E-state index in [2.05, 4.69) is 22.2 Å². The molecular weight excluding hydrogens is 286 g/mol. The molecule has 1 aromatic heterocycles. The molecule has 2 aromatic rings. The topological polar surface area (TPSA) is 155 Å². The van der Waals surface area contributed by atoms with Crippen molar-refractivity contribution < 1.29 is 4.79 Å². The maximum absolute atomic E-state index is 11.0. The van der Waals surface area contributed by atoms with Gasteiger partial charge in [-0.2, -0.15) is 0 Å². The second kappa shape index (κ2) is 6.66. The van der Waals surface area contributed by atoms with Gasteiger partial charge in [-0.3, -0.25) is 20.9 Å². The van der Waals surface area contributed by atoms with Crippen LogP contribution in [0.3, 0.4) is 0 Å². The van der Waals surface area contributed by atoms with Crippen LogP contribution in [0.2, 0.25) is 0 Å². The number of nitrogens with two attached hydrogens (primary N) is 2. The van der Waals surface area contributed by atoms with Gasteiger partial charge in [0.2, 0.25) is 5.12 Å². The number of aromatic nitrogens is 2. The standard InChI is InChI=1S/C7H4N2OS2.C2H7N5/c10-7(11)4-2-1-3-5-6(4)12-9-8-5;3-1(4)7-2(5)6/h1-3H,(H,10,11);(H7,3,4,5,6,7). The van der Waals surface area contributed by atoms with E-state index in [0.29, 0.717) is 5.56 Å². The zero-order valence-corrected chi connectivity index (χ0v) is 11.3. The fourth-order valence-electron chi connectivity index (χ4n) is 1.12. The Morgan fingerprint density at radius 1 is 1.32 bits per heavy atom. The lowest BCUT2D eigenvalue weighted by Crippen LogP contribution is -2.39. The molecule has 0 fully saturated rings. The van der Waals surface area contributed by atoms with E-state index in [1.807, 2.05) is 11.4 Å². The zero-order chi connectivity index (χ0) is 14.4. The Morgan fingerprint density at radius 2 is 1.95 bits per heavy atom. The molecular formula is C9H11N7OS2. The summed E-state index contributed by atoms with van der Waals surface area (Å²) in [7, 11) is 0. The average Bonchev–Trinajstić information content (AvgIpc) is 2.74. The fourth-order valence-corrected chi connectivity index (χ4v) is 2.05. The molecule has 1 aromatic carbocycles. The predicted molar refractivity (Wildman–Crippen MR) is 77.7 cm³/mol. The van der Waals surface area contributed by atoms with E-state index in [4.69, 9.17) is 22.3 Å². The summed E-state index contributed by atoms with van der Waals surface area (Å²) in [4.78, 5) is 11.0. The Hall–Kier alpha value is -2.20. The van der Waals surface area contributed by atoms with Crippen molar-refractivity contribution in [1.82, 2.24) is 14.9 Å². The number of carbonyl (C=O) groups is 1. The molecule has 0 saturated carbocycles. The monoisotopic (exact) mass is 297 g/mol. The van der Waals surface area contributed by atoms with Crippen LogP contribution >= 0.6 is 24.2 Å². The van der Waals surface area contributed by atoms with Crippen LogP contribution < -0.4 is 16.8 Å². The van der Waals surface area contributed by atoms with Crippen molar-refractivity contribution >= 4 is 51.4 Å². The van der Waals surface area contributed by atoms with Gasteiger partial charge < -0.3 is 11.5 Å². The minimum absolute atomic E-state index is 0.244. The number of nitrogens with zero attached hydrogens (tertiary/aromatic N) is 2. The van der Waals surface area contributed by atoms with Gasteiger partial charge >= 0.3 is 0 Å². The lowest BCUT2D eigenvalue weighted by molar-refractivity contribution is 0.109. The molecule has 10 heteroatoms. The molecule has 1 heterocycles. The normalized spacial score (nSPS) is 9.32. The van der Waals surface area contributed by atoms with Crippen LogP contribution in [0.1, 0.15) is 10.4 Å². The molecule has 0 bridgehead atoms. The summed E-state index contributed by atoms with van der Waals surface area (Å²) in [5.41, 5.74) is 10.8. The third kappa shape index (κ3) is 4.52. The lowest BCUT2D eigenvalue weighted by atomic mass is 10.2. The number of thiol groups is 1. The van der Waals surface area contributed by atoms with Crippen LogP contribution in [-0.2, 0) is 0 Å². The Kier molecular flexibility index (Phi) is 5.21. The van der Waals surface area contributed by atoms with Gasteiger partial charge in [0.05, 0.1) is 4.70 Å². The molecule has 7 N–H and O–H groups in total. The first-order valence-corrected chi connectivity index (χ1v) is 6.03. The van der Waals surface area contributed by atoms with Crippen molar-refractivity contribution in [1.29, 1.82) is 10.8 Å². The molecule has 100 valence electrons. The second-order valence-corrected chi connectivity index (χ2v) is 4.34. The predicted octanol–water partition coefficient (Wildman–Crippen LogP) is 0.124. The van der Waals surface area contributed by atoms with Crippen molar-refractivity contribution in [2.24, 2.45) is 11.5 Å². The number of benzene rings is 1. The Bertz CT molecular complexity index is 612. The number of hydrogen-bond acceptors (Lipinski definition) is 6. The number of fused-ring (bicyclic) bond motifs is 1. The highest BCUT2D eigenvalue weighted by Gasteiger charge is 2.07. The van der Waals surface area contributed by atoms with E-state index in [0.717, 1.165) is 10.2 Å². The first-order chi connectivity index (χ1) is 8.91. The molecule has 19 heavy (non-hydrogen) atoms. The molecule has 0 radical (unpaired) electrons. The Labute approximate surface area is 117 Å². The largest absolute Gasteiger partial charge is 0.370 e. The third-order valence-corrected chi connectivity index (χ3v) is 2.79. The molecule has 0 aliphatic carbocycles. The highest BCUT2D eigenvalue weighted by Crippen LogP contribution is 2.21. The summed E-state index contributed by atoms with van der Waals surface area (Å²) >= 11 is 4.96. The van der Waals surface area contributed by atoms with Crippen molar-refractivity contribution in [3.05, 3.63) is 23.8 Å². The van der Waals surface area contributed by atoms with E-state index in [1.165, 1.54) is 11.5 Å². The molecule has 0 saturated heterocycles. The zero-order valence-electron chi connectivity index (χ0n) is 9.54. The van der Waals surface area contributed by atoms with Crippen molar-refractivity contribution in [2.75, 3.05) is 0 Å². The van der Waals surface area contributed by atoms with Crippen LogP contribution in [0.5, 0.6) is 0 Å². The van der Waals surface area contributed by atoms with E-state index in [9.17, 15) is 4.79 Å². The van der Waals surface area contributed by atoms with Gasteiger partial charge in [-0.15, -0.1) is 17.7 Å². The van der Waals surface area contributed by atoms with Gasteiger partial charge in [0, 0.05) is 5.56 Å². The van der Waals surface area contributed by atoms with Crippen LogP contribution in [0.15, 0.2) is 18.2 Å². The number of guanidine groups is 2. The van der Waals surface area contributed by atoms with Crippen molar-refractivity contribution in [3.8, 4) is 0 Å². The number of rotatable bonds is 1. The molecule has 0 unspecified atom stereocenters. The molecule has 0 aliphatic rings. The summed E-state index contributed by atoms with van der Waals surface area (Å²) in [5.74, 6) is -0.625. The number of nitrogens with one attached hydrogen (secondary N) is 3. The molecule has 0 atom stereocenters. The van der Waals surface area contributed by atoms with Gasteiger partial charge in [-0.1, -0.05) is 10.6 Å². The lowest BCUT2D eigenvalue weighted by Gasteiger charge is -1.95. The van der Waals surface area contributed by atoms with Crippen molar-refractivity contribution in [2.45, 2.75) is 0 Å². The van der Waals surface area contributed by atoms with Crippen LogP contribution in [-0.4, -0.2) is 26.6 Å². The summed E-state index contributed by atoms with van der Waals surface area (Å²) in [6.45, 7) is 0. The van der Waals surface area contributed by atoms with E-state index in [1.54, 1.807) is 12.1 Å². The number of carbonyl (C=O) groups excluding carboxylic acids is 1. The molecule has 8 nitrogen and oxygen atoms in total. The third-order valence-electron chi connectivity index (χ3n) is 1.77. The molecule has 0 aliphatic heterocycles. The molecule has 0 amide bonds. The second-order valence-electron chi connectivity index (χ2n) is 3.18. The number of hydrogen-bond donors (Lipinski definition) is 6. The first kappa shape index (κ1) is 14.9. The highest BCUT2D eigenvalue weighted by atomic mass is 32.1. The minimum atomic E-state index is -0.312. The van der Waals surface area contributed by atoms with Gasteiger partial charge in [-0.05, 0) is 23.7 Å². The Balaban J connectivity index is 0.000000224. The van der Waals surface area contributed by atoms with Gasteiger partial charge in [0.1, 0.15) is 5.52 Å². The SMILES string of the molecule is N=C(N)NC(=N)N.O=C(S)c1cccc2nnsc12. The quantitative estimate of drug-likeness (QED) is 0.249. The smallest absolute Gasteiger partial charge is 0.217 e. The van der Waals surface area contributed by atoms with E-state index in [-0.39, 0.29) is 17.0 Å². The van der Waals surface area contributed by atoms with Crippen molar-refractivity contribution in [3.63, 3.8) is 0 Å².